The lowest BCUT2D eigenvalue weighted by Gasteiger charge is -2.10. The highest BCUT2D eigenvalue weighted by Crippen LogP contribution is 2.04. The molecule has 0 amide bonds. The molecule has 0 bridgehead atoms. The Hall–Kier alpha value is -1.90. The number of nitrogens with zero attached hydrogens (tertiary/aromatic N) is 2. The van der Waals surface area contributed by atoms with Crippen molar-refractivity contribution in [1.82, 2.24) is 9.55 Å². The predicted octanol–water partition coefficient (Wildman–Crippen LogP) is 2.44. The molecule has 2 aromatic rings. The topological polar surface area (TPSA) is 34.9 Å². The van der Waals surface area contributed by atoms with Gasteiger partial charge in [0.2, 0.25) is 0 Å². The molecule has 0 aliphatic heterocycles. The quantitative estimate of drug-likeness (QED) is 0.807. The lowest BCUT2D eigenvalue weighted by molar-refractivity contribution is 0.594. The SMILES string of the molecule is CCCn1c(CCc2ccccc2)nccc1=O. The third-order valence-corrected chi connectivity index (χ3v) is 2.95. The molecule has 0 fully saturated rings. The average molecular weight is 242 g/mol. The molecule has 0 radical (unpaired) electrons. The van der Waals surface area contributed by atoms with Crippen LogP contribution in [0.3, 0.4) is 0 Å². The molecule has 18 heavy (non-hydrogen) atoms. The summed E-state index contributed by atoms with van der Waals surface area (Å²) in [6.45, 7) is 2.82. The largest absolute Gasteiger partial charge is 0.297 e. The molecule has 0 saturated carbocycles. The molecule has 0 spiro atoms. The van der Waals surface area contributed by atoms with Crippen LogP contribution in [-0.4, -0.2) is 9.55 Å². The van der Waals surface area contributed by atoms with E-state index in [1.54, 1.807) is 10.8 Å². The van der Waals surface area contributed by atoms with E-state index >= 15 is 0 Å². The van der Waals surface area contributed by atoms with Crippen LogP contribution in [0.5, 0.6) is 0 Å². The summed E-state index contributed by atoms with van der Waals surface area (Å²) in [6.07, 6.45) is 4.28. The maximum absolute atomic E-state index is 11.8. The van der Waals surface area contributed by atoms with E-state index in [0.717, 1.165) is 31.6 Å². The van der Waals surface area contributed by atoms with Crippen molar-refractivity contribution in [1.29, 1.82) is 0 Å². The molecular formula is C15H18N2O. The first-order valence-corrected chi connectivity index (χ1v) is 6.40. The fraction of sp³-hybridized carbons (Fsp3) is 0.333. The van der Waals surface area contributed by atoms with Gasteiger partial charge in [0, 0.05) is 25.2 Å². The van der Waals surface area contributed by atoms with Gasteiger partial charge in [-0.3, -0.25) is 9.36 Å². The first kappa shape index (κ1) is 12.6. The third-order valence-electron chi connectivity index (χ3n) is 2.95. The molecule has 1 aromatic heterocycles. The number of rotatable bonds is 5. The van der Waals surface area contributed by atoms with Crippen LogP contribution in [0.2, 0.25) is 0 Å². The first-order valence-electron chi connectivity index (χ1n) is 6.40. The Labute approximate surface area is 107 Å². The normalized spacial score (nSPS) is 10.5. The molecule has 0 unspecified atom stereocenters. The highest BCUT2D eigenvalue weighted by molar-refractivity contribution is 5.15. The Kier molecular flexibility index (Phi) is 4.29. The van der Waals surface area contributed by atoms with E-state index in [1.165, 1.54) is 11.6 Å². The summed E-state index contributed by atoms with van der Waals surface area (Å²) in [5.74, 6) is 0.883. The van der Waals surface area contributed by atoms with Crippen molar-refractivity contribution in [3.05, 3.63) is 64.3 Å². The van der Waals surface area contributed by atoms with Gasteiger partial charge in [0.1, 0.15) is 5.82 Å². The predicted molar refractivity (Wildman–Crippen MR) is 72.6 cm³/mol. The number of hydrogen-bond acceptors (Lipinski definition) is 2. The summed E-state index contributed by atoms with van der Waals surface area (Å²) in [6, 6.07) is 11.8. The molecule has 3 heteroatoms. The van der Waals surface area contributed by atoms with E-state index in [2.05, 4.69) is 24.0 Å². The van der Waals surface area contributed by atoms with Crippen molar-refractivity contribution in [3.63, 3.8) is 0 Å². The van der Waals surface area contributed by atoms with Crippen LogP contribution < -0.4 is 5.56 Å². The van der Waals surface area contributed by atoms with E-state index in [4.69, 9.17) is 0 Å². The Morgan fingerprint density at radius 2 is 1.89 bits per heavy atom. The molecule has 0 atom stereocenters. The van der Waals surface area contributed by atoms with Crippen molar-refractivity contribution in [2.75, 3.05) is 0 Å². The van der Waals surface area contributed by atoms with E-state index in [0.29, 0.717) is 0 Å². The maximum Gasteiger partial charge on any atom is 0.253 e. The fourth-order valence-corrected chi connectivity index (χ4v) is 2.04. The zero-order chi connectivity index (χ0) is 12.8. The van der Waals surface area contributed by atoms with Crippen molar-refractivity contribution in [3.8, 4) is 0 Å². The standard InChI is InChI=1S/C15H18N2O/c1-2-12-17-14(16-11-10-15(17)18)9-8-13-6-4-3-5-7-13/h3-7,10-11H,2,8-9,12H2,1H3. The Morgan fingerprint density at radius 3 is 2.61 bits per heavy atom. The van der Waals surface area contributed by atoms with Crippen LogP contribution in [0.15, 0.2) is 47.4 Å². The summed E-state index contributed by atoms with van der Waals surface area (Å²) in [7, 11) is 0. The zero-order valence-corrected chi connectivity index (χ0v) is 10.7. The number of benzene rings is 1. The molecule has 94 valence electrons. The van der Waals surface area contributed by atoms with Gasteiger partial charge in [-0.25, -0.2) is 4.98 Å². The smallest absolute Gasteiger partial charge is 0.253 e. The lowest BCUT2D eigenvalue weighted by atomic mass is 10.1. The monoisotopic (exact) mass is 242 g/mol. The molecule has 0 N–H and O–H groups in total. The van der Waals surface area contributed by atoms with E-state index in [1.807, 2.05) is 18.2 Å². The van der Waals surface area contributed by atoms with Crippen molar-refractivity contribution in [2.24, 2.45) is 0 Å². The second-order valence-electron chi connectivity index (χ2n) is 4.34. The lowest BCUT2D eigenvalue weighted by Crippen LogP contribution is -2.24. The van der Waals surface area contributed by atoms with Crippen molar-refractivity contribution >= 4 is 0 Å². The van der Waals surface area contributed by atoms with E-state index < -0.39 is 0 Å². The molecule has 0 saturated heterocycles. The van der Waals surface area contributed by atoms with E-state index in [-0.39, 0.29) is 5.56 Å². The Balaban J connectivity index is 2.14. The molecule has 1 heterocycles. The summed E-state index contributed by atoms with van der Waals surface area (Å²) in [5, 5.41) is 0. The minimum Gasteiger partial charge on any atom is -0.297 e. The molecule has 1 aromatic carbocycles. The molecule has 3 nitrogen and oxygen atoms in total. The molecule has 0 aliphatic carbocycles. The zero-order valence-electron chi connectivity index (χ0n) is 10.7. The molecule has 0 aliphatic rings. The van der Waals surface area contributed by atoms with E-state index in [9.17, 15) is 4.79 Å². The highest BCUT2D eigenvalue weighted by Gasteiger charge is 2.04. The maximum atomic E-state index is 11.8. The van der Waals surface area contributed by atoms with Crippen molar-refractivity contribution < 1.29 is 0 Å². The Bertz CT molecular complexity index is 546. The third kappa shape index (κ3) is 3.06. The average Bonchev–Trinajstić information content (AvgIpc) is 2.41. The summed E-state index contributed by atoms with van der Waals surface area (Å²) in [5.41, 5.74) is 1.33. The Morgan fingerprint density at radius 1 is 1.11 bits per heavy atom. The highest BCUT2D eigenvalue weighted by atomic mass is 16.1. The summed E-state index contributed by atoms with van der Waals surface area (Å²) >= 11 is 0. The van der Waals surface area contributed by atoms with Gasteiger partial charge in [-0.05, 0) is 18.4 Å². The van der Waals surface area contributed by atoms with Crippen LogP contribution in [-0.2, 0) is 19.4 Å². The van der Waals surface area contributed by atoms with Crippen LogP contribution in [0.25, 0.3) is 0 Å². The number of aromatic nitrogens is 2. The summed E-state index contributed by atoms with van der Waals surface area (Å²) < 4.78 is 1.78. The van der Waals surface area contributed by atoms with Crippen LogP contribution in [0, 0.1) is 0 Å². The van der Waals surface area contributed by atoms with Gasteiger partial charge < -0.3 is 0 Å². The van der Waals surface area contributed by atoms with Gasteiger partial charge in [0.15, 0.2) is 0 Å². The first-order chi connectivity index (χ1) is 8.81. The van der Waals surface area contributed by atoms with Crippen molar-refractivity contribution in [2.45, 2.75) is 32.7 Å². The number of aryl methyl sites for hydroxylation is 2. The van der Waals surface area contributed by atoms with Gasteiger partial charge in [-0.1, -0.05) is 37.3 Å². The van der Waals surface area contributed by atoms with Crippen LogP contribution in [0.1, 0.15) is 24.7 Å². The minimum atomic E-state index is 0.0508. The van der Waals surface area contributed by atoms with Gasteiger partial charge in [0.25, 0.3) is 5.56 Å². The minimum absolute atomic E-state index is 0.0508. The molecule has 2 rings (SSSR count). The summed E-state index contributed by atoms with van der Waals surface area (Å²) in [4.78, 5) is 16.1. The molecular weight excluding hydrogens is 224 g/mol. The fourth-order valence-electron chi connectivity index (χ4n) is 2.04. The van der Waals surface area contributed by atoms with Gasteiger partial charge in [0.05, 0.1) is 0 Å². The van der Waals surface area contributed by atoms with Gasteiger partial charge in [-0.2, -0.15) is 0 Å². The van der Waals surface area contributed by atoms with Gasteiger partial charge >= 0.3 is 0 Å². The second-order valence-corrected chi connectivity index (χ2v) is 4.34. The van der Waals surface area contributed by atoms with Gasteiger partial charge in [-0.15, -0.1) is 0 Å². The number of hydrogen-bond donors (Lipinski definition) is 0. The van der Waals surface area contributed by atoms with Crippen LogP contribution >= 0.6 is 0 Å². The van der Waals surface area contributed by atoms with Crippen LogP contribution in [0.4, 0.5) is 0 Å². The second kappa shape index (κ2) is 6.15.